The lowest BCUT2D eigenvalue weighted by molar-refractivity contribution is -0.136. The third-order valence-corrected chi connectivity index (χ3v) is 3.98. The molecule has 0 aliphatic rings. The van der Waals surface area contributed by atoms with Crippen molar-refractivity contribution in [3.8, 4) is 17.3 Å². The molecule has 1 heterocycles. The predicted octanol–water partition coefficient (Wildman–Crippen LogP) is 3.99. The minimum atomic E-state index is -0.554. The van der Waals surface area contributed by atoms with E-state index < -0.39 is 5.97 Å². The highest BCUT2D eigenvalue weighted by atomic mass is 16.5. The molecule has 0 aliphatic carbocycles. The first kappa shape index (κ1) is 18.2. The Morgan fingerprint density at radius 3 is 2.63 bits per heavy atom. The van der Waals surface area contributed by atoms with Crippen molar-refractivity contribution in [2.45, 2.75) is 13.5 Å². The molecule has 0 fully saturated rings. The van der Waals surface area contributed by atoms with E-state index in [1.54, 1.807) is 12.1 Å². The molecular formula is C22H19N3O2. The minimum absolute atomic E-state index is 0.263. The van der Waals surface area contributed by atoms with Gasteiger partial charge in [0.2, 0.25) is 0 Å². The van der Waals surface area contributed by atoms with Crippen molar-refractivity contribution < 1.29 is 9.53 Å². The molecule has 3 rings (SSSR count). The van der Waals surface area contributed by atoms with Crippen molar-refractivity contribution in [2.24, 2.45) is 0 Å². The Bertz CT molecular complexity index is 981. The predicted molar refractivity (Wildman–Crippen MR) is 104 cm³/mol. The van der Waals surface area contributed by atoms with Crippen molar-refractivity contribution >= 4 is 12.0 Å². The first-order valence-corrected chi connectivity index (χ1v) is 8.56. The summed E-state index contributed by atoms with van der Waals surface area (Å²) in [5, 5.41) is 13.2. The zero-order valence-electron chi connectivity index (χ0n) is 15.0. The topological polar surface area (TPSA) is 67.9 Å². The Labute approximate surface area is 158 Å². The number of nitriles is 1. The maximum Gasteiger partial charge on any atom is 0.331 e. The molecular weight excluding hydrogens is 338 g/mol. The molecule has 0 amide bonds. The molecule has 5 heteroatoms. The zero-order chi connectivity index (χ0) is 19.1. The molecule has 0 saturated heterocycles. The number of hydrogen-bond donors (Lipinski definition) is 0. The van der Waals surface area contributed by atoms with E-state index in [1.165, 1.54) is 11.6 Å². The maximum atomic E-state index is 11.7. The van der Waals surface area contributed by atoms with Gasteiger partial charge in [-0.3, -0.25) is 4.68 Å². The molecule has 27 heavy (non-hydrogen) atoms. The highest BCUT2D eigenvalue weighted by molar-refractivity contribution is 5.88. The van der Waals surface area contributed by atoms with Gasteiger partial charge < -0.3 is 4.74 Å². The molecule has 1 aromatic heterocycles. The Morgan fingerprint density at radius 1 is 1.19 bits per heavy atom. The zero-order valence-corrected chi connectivity index (χ0v) is 15.0. The molecule has 3 aromatic rings. The summed E-state index contributed by atoms with van der Waals surface area (Å²) in [6, 6.07) is 19.9. The van der Waals surface area contributed by atoms with Crippen LogP contribution in [0.15, 0.2) is 66.9 Å². The van der Waals surface area contributed by atoms with Gasteiger partial charge in [-0.25, -0.2) is 4.79 Å². The summed E-state index contributed by atoms with van der Waals surface area (Å²) in [4.78, 5) is 11.7. The van der Waals surface area contributed by atoms with Crippen molar-refractivity contribution in [1.82, 2.24) is 9.78 Å². The number of carbonyl (C=O) groups is 1. The van der Waals surface area contributed by atoms with Gasteiger partial charge in [-0.15, -0.1) is 0 Å². The highest BCUT2D eigenvalue weighted by Gasteiger charge is 2.10. The molecule has 0 radical (unpaired) electrons. The van der Waals surface area contributed by atoms with E-state index in [1.807, 2.05) is 72.4 Å². The van der Waals surface area contributed by atoms with E-state index in [2.05, 4.69) is 0 Å². The average molecular weight is 357 g/mol. The molecule has 5 nitrogen and oxygen atoms in total. The van der Waals surface area contributed by atoms with E-state index in [4.69, 9.17) is 15.1 Å². The Kier molecular flexibility index (Phi) is 5.80. The van der Waals surface area contributed by atoms with Gasteiger partial charge >= 0.3 is 5.97 Å². The monoisotopic (exact) mass is 357 g/mol. The molecule has 0 bridgehead atoms. The van der Waals surface area contributed by atoms with Crippen LogP contribution in [0.2, 0.25) is 0 Å². The fourth-order valence-electron chi connectivity index (χ4n) is 2.66. The first-order valence-electron chi connectivity index (χ1n) is 8.56. The standard InChI is InChI=1S/C22H19N3O2/c1-17-7-9-19(10-8-17)22-20(11-12-21(26)27-14-13-23)16-25(24-22)15-18-5-3-2-4-6-18/h2-12,16H,14-15H2,1H3/b12-11+. The van der Waals surface area contributed by atoms with Gasteiger partial charge in [0.15, 0.2) is 6.61 Å². The van der Waals surface area contributed by atoms with E-state index in [0.717, 1.165) is 22.4 Å². The van der Waals surface area contributed by atoms with Gasteiger partial charge in [0.1, 0.15) is 6.07 Å². The average Bonchev–Trinajstić information content (AvgIpc) is 3.08. The van der Waals surface area contributed by atoms with E-state index in [0.29, 0.717) is 6.54 Å². The number of hydrogen-bond acceptors (Lipinski definition) is 4. The summed E-state index contributed by atoms with van der Waals surface area (Å²) >= 11 is 0. The van der Waals surface area contributed by atoms with Crippen molar-refractivity contribution in [2.75, 3.05) is 6.61 Å². The van der Waals surface area contributed by atoms with Gasteiger partial charge in [0.25, 0.3) is 0 Å². The molecule has 0 N–H and O–H groups in total. The SMILES string of the molecule is Cc1ccc(-c2nn(Cc3ccccc3)cc2/C=C/C(=O)OCC#N)cc1. The van der Waals surface area contributed by atoms with Crippen LogP contribution in [0, 0.1) is 18.3 Å². The second-order valence-electron chi connectivity index (χ2n) is 6.08. The Balaban J connectivity index is 1.91. The van der Waals surface area contributed by atoms with Gasteiger partial charge in [-0.2, -0.15) is 10.4 Å². The van der Waals surface area contributed by atoms with Crippen LogP contribution in [0.4, 0.5) is 0 Å². The Morgan fingerprint density at radius 2 is 1.93 bits per heavy atom. The lowest BCUT2D eigenvalue weighted by atomic mass is 10.1. The van der Waals surface area contributed by atoms with Gasteiger partial charge in [-0.1, -0.05) is 60.2 Å². The minimum Gasteiger partial charge on any atom is -0.447 e. The Hall–Kier alpha value is -3.65. The van der Waals surface area contributed by atoms with Gasteiger partial charge in [-0.05, 0) is 18.6 Å². The number of carbonyl (C=O) groups excluding carboxylic acids is 1. The van der Waals surface area contributed by atoms with Crippen LogP contribution < -0.4 is 0 Å². The number of aromatic nitrogens is 2. The van der Waals surface area contributed by atoms with Crippen LogP contribution in [0.25, 0.3) is 17.3 Å². The molecule has 0 spiro atoms. The maximum absolute atomic E-state index is 11.7. The van der Waals surface area contributed by atoms with Crippen LogP contribution in [0.5, 0.6) is 0 Å². The lowest BCUT2D eigenvalue weighted by Crippen LogP contribution is -2.00. The van der Waals surface area contributed by atoms with Crippen molar-refractivity contribution in [3.05, 3.63) is 83.6 Å². The number of esters is 1. The fraction of sp³-hybridized carbons (Fsp3) is 0.136. The van der Waals surface area contributed by atoms with Crippen LogP contribution in [0.1, 0.15) is 16.7 Å². The number of nitrogens with zero attached hydrogens (tertiary/aromatic N) is 3. The summed E-state index contributed by atoms with van der Waals surface area (Å²) in [6.07, 6.45) is 4.89. The summed E-state index contributed by atoms with van der Waals surface area (Å²) in [5.41, 5.74) is 4.87. The molecule has 134 valence electrons. The van der Waals surface area contributed by atoms with Crippen LogP contribution in [-0.4, -0.2) is 22.4 Å². The smallest absolute Gasteiger partial charge is 0.331 e. The second-order valence-corrected chi connectivity index (χ2v) is 6.08. The fourth-order valence-corrected chi connectivity index (χ4v) is 2.66. The van der Waals surface area contributed by atoms with E-state index >= 15 is 0 Å². The number of benzene rings is 2. The highest BCUT2D eigenvalue weighted by Crippen LogP contribution is 2.24. The van der Waals surface area contributed by atoms with Gasteiger partial charge in [0, 0.05) is 23.4 Å². The van der Waals surface area contributed by atoms with E-state index in [-0.39, 0.29) is 6.61 Å². The van der Waals surface area contributed by atoms with Crippen molar-refractivity contribution in [1.29, 1.82) is 5.26 Å². The number of aryl methyl sites for hydroxylation is 1. The molecule has 0 aliphatic heterocycles. The summed E-state index contributed by atoms with van der Waals surface area (Å²) in [7, 11) is 0. The lowest BCUT2D eigenvalue weighted by Gasteiger charge is -2.02. The second kappa shape index (κ2) is 8.63. The largest absolute Gasteiger partial charge is 0.447 e. The van der Waals surface area contributed by atoms with E-state index in [9.17, 15) is 4.79 Å². The first-order chi connectivity index (χ1) is 13.2. The molecule has 0 atom stereocenters. The normalized spacial score (nSPS) is 10.7. The van der Waals surface area contributed by atoms with Crippen molar-refractivity contribution in [3.63, 3.8) is 0 Å². The number of rotatable bonds is 6. The summed E-state index contributed by atoms with van der Waals surface area (Å²) in [6.45, 7) is 2.40. The van der Waals surface area contributed by atoms with Crippen LogP contribution in [-0.2, 0) is 16.1 Å². The molecule has 0 saturated carbocycles. The number of ether oxygens (including phenoxy) is 1. The molecule has 2 aromatic carbocycles. The van der Waals surface area contributed by atoms with Gasteiger partial charge in [0.05, 0.1) is 12.2 Å². The quantitative estimate of drug-likeness (QED) is 0.494. The third kappa shape index (κ3) is 4.93. The third-order valence-electron chi connectivity index (χ3n) is 3.98. The molecule has 0 unspecified atom stereocenters. The summed E-state index contributed by atoms with van der Waals surface area (Å²) in [5.74, 6) is -0.554. The van der Waals surface area contributed by atoms with Crippen LogP contribution in [0.3, 0.4) is 0 Å². The van der Waals surface area contributed by atoms with Crippen LogP contribution >= 0.6 is 0 Å². The summed E-state index contributed by atoms with van der Waals surface area (Å²) < 4.78 is 6.61.